The van der Waals surface area contributed by atoms with Gasteiger partial charge in [-0.3, -0.25) is 0 Å². The Hall–Kier alpha value is -1.55. The maximum absolute atomic E-state index is 12.2. The molecule has 0 aliphatic carbocycles. The maximum Gasteiger partial charge on any atom is 0.319 e. The fourth-order valence-corrected chi connectivity index (χ4v) is 3.50. The molecule has 2 amide bonds. The van der Waals surface area contributed by atoms with Crippen LogP contribution in [0.25, 0.3) is 0 Å². The summed E-state index contributed by atoms with van der Waals surface area (Å²) in [5, 5.41) is 9.64. The number of carbonyl (C=O) groups excluding carboxylic acids is 1. The van der Waals surface area contributed by atoms with Gasteiger partial charge in [-0.05, 0) is 65.2 Å². The lowest BCUT2D eigenvalue weighted by Crippen LogP contribution is -2.62. The van der Waals surface area contributed by atoms with E-state index in [1.54, 1.807) is 0 Å². The summed E-state index contributed by atoms with van der Waals surface area (Å²) < 4.78 is 0. The molecule has 1 aromatic rings. The highest BCUT2D eigenvalue weighted by Crippen LogP contribution is 2.28. The highest BCUT2D eigenvalue weighted by atomic mass is 16.2. The van der Waals surface area contributed by atoms with Gasteiger partial charge in [-0.15, -0.1) is 0 Å². The largest absolute Gasteiger partial charge is 0.335 e. The van der Waals surface area contributed by atoms with Gasteiger partial charge in [0.05, 0.1) is 0 Å². The van der Waals surface area contributed by atoms with E-state index in [2.05, 4.69) is 43.6 Å². The first-order valence-electron chi connectivity index (χ1n) is 7.59. The van der Waals surface area contributed by atoms with Crippen molar-refractivity contribution in [1.82, 2.24) is 10.6 Å². The molecule has 0 spiro atoms. The van der Waals surface area contributed by atoms with Crippen molar-refractivity contribution in [2.45, 2.75) is 64.6 Å². The number of hydrogen-bond acceptors (Lipinski definition) is 2. The minimum absolute atomic E-state index is 0.0308. The van der Waals surface area contributed by atoms with Gasteiger partial charge in [-0.1, -0.05) is 12.1 Å². The number of amides is 2. The average molecular weight is 289 g/mol. The zero-order valence-electron chi connectivity index (χ0n) is 13.7. The number of nitrogens with one attached hydrogen (secondary N) is 3. The number of aryl methyl sites for hydroxylation is 1. The monoisotopic (exact) mass is 289 g/mol. The summed E-state index contributed by atoms with van der Waals surface area (Å²) in [5.41, 5.74) is 2.03. The molecule has 1 saturated heterocycles. The van der Waals surface area contributed by atoms with Crippen LogP contribution in [0, 0.1) is 6.92 Å². The van der Waals surface area contributed by atoms with Crippen LogP contribution in [0.1, 0.15) is 46.1 Å². The van der Waals surface area contributed by atoms with E-state index >= 15 is 0 Å². The summed E-state index contributed by atoms with van der Waals surface area (Å²) in [6.45, 7) is 10.7. The van der Waals surface area contributed by atoms with Crippen molar-refractivity contribution >= 4 is 11.7 Å². The predicted molar refractivity (Wildman–Crippen MR) is 87.6 cm³/mol. The number of urea groups is 1. The van der Waals surface area contributed by atoms with Crippen LogP contribution in [0.5, 0.6) is 0 Å². The fourth-order valence-electron chi connectivity index (χ4n) is 3.50. The van der Waals surface area contributed by atoms with Crippen LogP contribution < -0.4 is 16.0 Å². The third-order valence-electron chi connectivity index (χ3n) is 3.80. The SMILES string of the molecule is Cc1cccc(NC(=O)NC2CC(C)(C)NC(C)(C)C2)c1. The average Bonchev–Trinajstić information content (AvgIpc) is 2.23. The Balaban J connectivity index is 1.96. The van der Waals surface area contributed by atoms with Gasteiger partial charge in [0, 0.05) is 22.8 Å². The Morgan fingerprint density at radius 2 is 1.81 bits per heavy atom. The normalized spacial score (nSPS) is 20.8. The zero-order valence-corrected chi connectivity index (χ0v) is 13.7. The molecule has 1 aliphatic rings. The summed E-state index contributed by atoms with van der Waals surface area (Å²) in [6, 6.07) is 7.89. The quantitative estimate of drug-likeness (QED) is 0.781. The molecule has 1 fully saturated rings. The molecule has 0 aromatic heterocycles. The number of rotatable bonds is 2. The molecule has 21 heavy (non-hydrogen) atoms. The van der Waals surface area contributed by atoms with Crippen molar-refractivity contribution in [3.05, 3.63) is 29.8 Å². The van der Waals surface area contributed by atoms with E-state index in [9.17, 15) is 4.79 Å². The van der Waals surface area contributed by atoms with Crippen molar-refractivity contribution < 1.29 is 4.79 Å². The Bertz CT molecular complexity index is 507. The molecule has 4 nitrogen and oxygen atoms in total. The van der Waals surface area contributed by atoms with Gasteiger partial charge in [0.2, 0.25) is 0 Å². The van der Waals surface area contributed by atoms with Crippen LogP contribution in [0.4, 0.5) is 10.5 Å². The second-order valence-corrected chi connectivity index (χ2v) is 7.47. The maximum atomic E-state index is 12.2. The van der Waals surface area contributed by atoms with Crippen LogP contribution >= 0.6 is 0 Å². The molecule has 0 saturated carbocycles. The molecule has 0 atom stereocenters. The first kappa shape index (κ1) is 15.8. The molecule has 3 N–H and O–H groups in total. The predicted octanol–water partition coefficient (Wildman–Crippen LogP) is 3.43. The molecule has 0 bridgehead atoms. The van der Waals surface area contributed by atoms with E-state index in [-0.39, 0.29) is 23.2 Å². The summed E-state index contributed by atoms with van der Waals surface area (Å²) in [7, 11) is 0. The molecular weight excluding hydrogens is 262 g/mol. The van der Waals surface area contributed by atoms with Crippen LogP contribution in [0.2, 0.25) is 0 Å². The number of anilines is 1. The van der Waals surface area contributed by atoms with Crippen LogP contribution in [-0.4, -0.2) is 23.2 Å². The first-order valence-corrected chi connectivity index (χ1v) is 7.59. The summed E-state index contributed by atoms with van der Waals surface area (Å²) in [4.78, 5) is 12.2. The van der Waals surface area contributed by atoms with Gasteiger partial charge in [0.1, 0.15) is 0 Å². The topological polar surface area (TPSA) is 53.2 Å². The lowest BCUT2D eigenvalue weighted by Gasteiger charge is -2.46. The van der Waals surface area contributed by atoms with Gasteiger partial charge in [-0.2, -0.15) is 0 Å². The van der Waals surface area contributed by atoms with Crippen LogP contribution in [-0.2, 0) is 0 Å². The molecule has 0 radical (unpaired) electrons. The van der Waals surface area contributed by atoms with E-state index in [1.165, 1.54) is 0 Å². The van der Waals surface area contributed by atoms with Crippen LogP contribution in [0.3, 0.4) is 0 Å². The van der Waals surface area contributed by atoms with Gasteiger partial charge in [-0.25, -0.2) is 4.79 Å². The van der Waals surface area contributed by atoms with E-state index < -0.39 is 0 Å². The lowest BCUT2D eigenvalue weighted by molar-refractivity contribution is 0.149. The summed E-state index contributed by atoms with van der Waals surface area (Å²) >= 11 is 0. The molecular formula is C17H27N3O. The lowest BCUT2D eigenvalue weighted by atomic mass is 9.80. The third kappa shape index (κ3) is 4.74. The second-order valence-electron chi connectivity index (χ2n) is 7.47. The first-order chi connectivity index (χ1) is 9.65. The molecule has 116 valence electrons. The Kier molecular flexibility index (Phi) is 4.28. The van der Waals surface area contributed by atoms with E-state index in [0.29, 0.717) is 0 Å². The molecule has 4 heteroatoms. The molecule has 1 aliphatic heterocycles. The number of piperidine rings is 1. The van der Waals surface area contributed by atoms with Gasteiger partial charge < -0.3 is 16.0 Å². The van der Waals surface area contributed by atoms with Crippen molar-refractivity contribution in [1.29, 1.82) is 0 Å². The minimum atomic E-state index is -0.126. The van der Waals surface area contributed by atoms with E-state index in [0.717, 1.165) is 24.1 Å². The smallest absolute Gasteiger partial charge is 0.319 e. The Labute approximate surface area is 127 Å². The fraction of sp³-hybridized carbons (Fsp3) is 0.588. The number of hydrogen-bond donors (Lipinski definition) is 3. The standard InChI is InChI=1S/C17H27N3O/c1-12-7-6-8-13(9-12)18-15(21)19-14-10-16(2,3)20-17(4,5)11-14/h6-9,14,20H,10-11H2,1-5H3,(H2,18,19,21). The van der Waals surface area contributed by atoms with Crippen molar-refractivity contribution in [3.63, 3.8) is 0 Å². The van der Waals surface area contributed by atoms with E-state index in [4.69, 9.17) is 0 Å². The van der Waals surface area contributed by atoms with Crippen molar-refractivity contribution in [2.75, 3.05) is 5.32 Å². The van der Waals surface area contributed by atoms with Crippen molar-refractivity contribution in [2.24, 2.45) is 0 Å². The summed E-state index contributed by atoms with van der Waals surface area (Å²) in [5.74, 6) is 0. The third-order valence-corrected chi connectivity index (χ3v) is 3.80. The molecule has 2 rings (SSSR count). The number of benzene rings is 1. The van der Waals surface area contributed by atoms with Gasteiger partial charge in [0.15, 0.2) is 0 Å². The highest BCUT2D eigenvalue weighted by molar-refractivity contribution is 5.89. The van der Waals surface area contributed by atoms with Gasteiger partial charge in [0.25, 0.3) is 0 Å². The van der Waals surface area contributed by atoms with Crippen molar-refractivity contribution in [3.8, 4) is 0 Å². The molecule has 0 unspecified atom stereocenters. The molecule has 1 heterocycles. The van der Waals surface area contributed by atoms with Gasteiger partial charge >= 0.3 is 6.03 Å². The zero-order chi connectivity index (χ0) is 15.7. The number of carbonyl (C=O) groups is 1. The second kappa shape index (κ2) is 5.68. The van der Waals surface area contributed by atoms with E-state index in [1.807, 2.05) is 31.2 Å². The minimum Gasteiger partial charge on any atom is -0.335 e. The Morgan fingerprint density at radius 3 is 2.38 bits per heavy atom. The summed E-state index contributed by atoms with van der Waals surface area (Å²) in [6.07, 6.45) is 1.86. The van der Waals surface area contributed by atoms with Crippen LogP contribution in [0.15, 0.2) is 24.3 Å². The highest BCUT2D eigenvalue weighted by Gasteiger charge is 2.38. The Morgan fingerprint density at radius 1 is 1.19 bits per heavy atom. The molecule has 1 aromatic carbocycles.